The summed E-state index contributed by atoms with van der Waals surface area (Å²) in [4.78, 5) is -1.18. The normalized spacial score (nSPS) is 15.9. The zero-order chi connectivity index (χ0) is 8.36. The Hall–Kier alpha value is 1.93. The van der Waals surface area contributed by atoms with Crippen molar-refractivity contribution in [3.8, 4) is 0 Å². The van der Waals surface area contributed by atoms with Crippen molar-refractivity contribution >= 4 is 73.9 Å². The summed E-state index contributed by atoms with van der Waals surface area (Å²) < 4.78 is -1.23. The lowest BCUT2D eigenvalue weighted by Crippen LogP contribution is -2.34. The van der Waals surface area contributed by atoms with E-state index in [0.717, 1.165) is 0 Å². The molecule has 62 valence electrons. The Labute approximate surface area is 93.2 Å². The highest BCUT2D eigenvalue weighted by molar-refractivity contribution is 9.09. The molecule has 1 atom stereocenters. The van der Waals surface area contributed by atoms with Crippen LogP contribution in [0.15, 0.2) is 0 Å². The van der Waals surface area contributed by atoms with Crippen LogP contribution in [0, 0.1) is 0 Å². The summed E-state index contributed by atoms with van der Waals surface area (Å²) >= 11 is 30.9. The van der Waals surface area contributed by atoms with E-state index >= 15 is 0 Å². The number of hydrogen-bond acceptors (Lipinski definition) is 0. The predicted molar refractivity (Wildman–Crippen MR) is 53.4 cm³/mol. The molecule has 0 aliphatic heterocycles. The average molecular weight is 309 g/mol. The van der Waals surface area contributed by atoms with Gasteiger partial charge in [-0.25, -0.2) is 0 Å². The lowest BCUT2D eigenvalue weighted by Gasteiger charge is -2.24. The SMILES string of the molecule is ClCC(Br)C(Cl)(Cl)C(Cl)Cl. The van der Waals surface area contributed by atoms with E-state index in [1.165, 1.54) is 0 Å². The molecule has 0 saturated carbocycles. The van der Waals surface area contributed by atoms with Gasteiger partial charge in [0.25, 0.3) is 0 Å². The minimum absolute atomic E-state index is 0.253. The Morgan fingerprint density at radius 3 is 1.80 bits per heavy atom. The highest BCUT2D eigenvalue weighted by Crippen LogP contribution is 2.39. The van der Waals surface area contributed by atoms with Gasteiger partial charge in [-0.1, -0.05) is 39.1 Å². The van der Waals surface area contributed by atoms with E-state index in [-0.39, 0.29) is 10.7 Å². The average Bonchev–Trinajstić information content (AvgIpc) is 1.86. The fourth-order valence-corrected chi connectivity index (χ4v) is 1.67. The van der Waals surface area contributed by atoms with E-state index in [9.17, 15) is 0 Å². The van der Waals surface area contributed by atoms with Gasteiger partial charge in [0.15, 0.2) is 4.33 Å². The fourth-order valence-electron chi connectivity index (χ4n) is 0.240. The molecular formula is C4H4BrCl5. The van der Waals surface area contributed by atoms with E-state index in [4.69, 9.17) is 58.0 Å². The third kappa shape index (κ3) is 3.12. The van der Waals surface area contributed by atoms with E-state index in [1.54, 1.807) is 0 Å². The molecule has 0 rings (SSSR count). The molecular weight excluding hydrogens is 305 g/mol. The predicted octanol–water partition coefficient (Wildman–Crippen LogP) is 3.97. The molecule has 10 heavy (non-hydrogen) atoms. The molecule has 0 radical (unpaired) electrons. The first-order chi connectivity index (χ1) is 4.42. The molecule has 0 aromatic heterocycles. The van der Waals surface area contributed by atoms with E-state index < -0.39 is 9.17 Å². The third-order valence-electron chi connectivity index (χ3n) is 0.844. The molecule has 0 saturated heterocycles. The second kappa shape index (κ2) is 4.84. The van der Waals surface area contributed by atoms with Crippen molar-refractivity contribution < 1.29 is 0 Å². The second-order valence-corrected chi connectivity index (χ2v) is 5.55. The Kier molecular flexibility index (Phi) is 5.77. The topological polar surface area (TPSA) is 0 Å². The lowest BCUT2D eigenvalue weighted by atomic mass is 10.3. The Morgan fingerprint density at radius 2 is 1.70 bits per heavy atom. The van der Waals surface area contributed by atoms with E-state index in [2.05, 4.69) is 15.9 Å². The molecule has 0 spiro atoms. The second-order valence-electron chi connectivity index (χ2n) is 1.60. The summed E-state index contributed by atoms with van der Waals surface area (Å²) in [6.45, 7) is 0. The zero-order valence-corrected chi connectivity index (χ0v) is 10.00. The Balaban J connectivity index is 4.09. The lowest BCUT2D eigenvalue weighted by molar-refractivity contribution is 0.832. The Bertz CT molecular complexity index is 104. The van der Waals surface area contributed by atoms with Crippen LogP contribution < -0.4 is 0 Å². The van der Waals surface area contributed by atoms with Crippen LogP contribution in [0.5, 0.6) is 0 Å². The summed E-state index contributed by atoms with van der Waals surface area (Å²) in [5, 5.41) is 0. The molecule has 0 aliphatic rings. The number of hydrogen-bond donors (Lipinski definition) is 0. The molecule has 0 N–H and O–H groups in total. The largest absolute Gasteiger partial charge is 0.161 e. The van der Waals surface area contributed by atoms with Gasteiger partial charge in [-0.3, -0.25) is 0 Å². The molecule has 0 heterocycles. The van der Waals surface area contributed by atoms with Crippen LogP contribution in [0.3, 0.4) is 0 Å². The molecule has 6 heteroatoms. The van der Waals surface area contributed by atoms with Gasteiger partial charge in [0.2, 0.25) is 0 Å². The van der Waals surface area contributed by atoms with Gasteiger partial charge in [-0.05, 0) is 0 Å². The van der Waals surface area contributed by atoms with Gasteiger partial charge in [0, 0.05) is 5.88 Å². The summed E-state index contributed by atoms with van der Waals surface area (Å²) in [6, 6.07) is 0. The fraction of sp³-hybridized carbons (Fsp3) is 1.00. The maximum Gasteiger partial charge on any atom is 0.161 e. The van der Waals surface area contributed by atoms with Crippen LogP contribution >= 0.6 is 73.9 Å². The molecule has 1 unspecified atom stereocenters. The quantitative estimate of drug-likeness (QED) is 0.692. The van der Waals surface area contributed by atoms with Gasteiger partial charge >= 0.3 is 0 Å². The highest BCUT2D eigenvalue weighted by atomic mass is 79.9. The first kappa shape index (κ1) is 11.9. The molecule has 0 amide bonds. The molecule has 0 aliphatic carbocycles. The van der Waals surface area contributed by atoms with Gasteiger partial charge in [-0.15, -0.1) is 34.8 Å². The van der Waals surface area contributed by atoms with Crippen molar-refractivity contribution in [1.82, 2.24) is 0 Å². The van der Waals surface area contributed by atoms with Crippen molar-refractivity contribution in [3.05, 3.63) is 0 Å². The number of halogens is 6. The standard InChI is InChI=1S/C4H4BrCl5/c5-2(1-6)4(9,10)3(7)8/h2-3H,1H2. The maximum absolute atomic E-state index is 5.69. The van der Waals surface area contributed by atoms with Gasteiger partial charge in [-0.2, -0.15) is 0 Å². The van der Waals surface area contributed by atoms with Crippen molar-refractivity contribution in [3.63, 3.8) is 0 Å². The monoisotopic (exact) mass is 306 g/mol. The van der Waals surface area contributed by atoms with Crippen LogP contribution in [0.1, 0.15) is 0 Å². The first-order valence-electron chi connectivity index (χ1n) is 2.29. The van der Waals surface area contributed by atoms with Crippen LogP contribution in [-0.4, -0.2) is 19.9 Å². The summed E-state index contributed by atoms with van der Waals surface area (Å²) in [6.07, 6.45) is 0. The third-order valence-corrected chi connectivity index (χ3v) is 5.20. The summed E-state index contributed by atoms with van der Waals surface area (Å²) in [5.41, 5.74) is 0. The highest BCUT2D eigenvalue weighted by Gasteiger charge is 2.39. The smallest absolute Gasteiger partial charge is 0.125 e. The Morgan fingerprint density at radius 1 is 1.30 bits per heavy atom. The van der Waals surface area contributed by atoms with Crippen molar-refractivity contribution in [2.45, 2.75) is 14.0 Å². The molecule has 0 nitrogen and oxygen atoms in total. The van der Waals surface area contributed by atoms with Crippen LogP contribution in [0.4, 0.5) is 0 Å². The van der Waals surface area contributed by atoms with Gasteiger partial charge in [0.1, 0.15) is 4.84 Å². The van der Waals surface area contributed by atoms with E-state index in [1.807, 2.05) is 0 Å². The molecule has 0 bridgehead atoms. The molecule has 0 fully saturated rings. The maximum atomic E-state index is 5.69. The van der Waals surface area contributed by atoms with Crippen LogP contribution in [-0.2, 0) is 0 Å². The van der Waals surface area contributed by atoms with Crippen molar-refractivity contribution in [1.29, 1.82) is 0 Å². The van der Waals surface area contributed by atoms with Gasteiger partial charge < -0.3 is 0 Å². The van der Waals surface area contributed by atoms with Crippen molar-refractivity contribution in [2.75, 3.05) is 5.88 Å². The number of alkyl halides is 6. The summed E-state index contributed by atoms with van der Waals surface area (Å²) in [7, 11) is 0. The molecule has 0 aromatic rings. The molecule has 0 aromatic carbocycles. The number of rotatable bonds is 3. The van der Waals surface area contributed by atoms with Gasteiger partial charge in [0.05, 0.1) is 4.83 Å². The first-order valence-corrected chi connectivity index (χ1v) is 5.36. The zero-order valence-electron chi connectivity index (χ0n) is 4.63. The van der Waals surface area contributed by atoms with E-state index in [0.29, 0.717) is 0 Å². The van der Waals surface area contributed by atoms with Crippen LogP contribution in [0.2, 0.25) is 0 Å². The summed E-state index contributed by atoms with van der Waals surface area (Å²) in [5.74, 6) is 0.253. The van der Waals surface area contributed by atoms with Crippen molar-refractivity contribution in [2.24, 2.45) is 0 Å². The van der Waals surface area contributed by atoms with Crippen LogP contribution in [0.25, 0.3) is 0 Å². The minimum Gasteiger partial charge on any atom is -0.125 e. The minimum atomic E-state index is -1.23.